The van der Waals surface area contributed by atoms with E-state index in [0.717, 1.165) is 0 Å². The number of hydrogen-bond acceptors (Lipinski definition) is 4. The van der Waals surface area contributed by atoms with Crippen LogP contribution in [0.1, 0.15) is 11.7 Å². The van der Waals surface area contributed by atoms with Gasteiger partial charge >= 0.3 is 5.97 Å². The van der Waals surface area contributed by atoms with Crippen LogP contribution in [0.3, 0.4) is 0 Å². The second-order valence-corrected chi connectivity index (χ2v) is 3.07. The Kier molecular flexibility index (Phi) is 2.05. The van der Waals surface area contributed by atoms with E-state index >= 15 is 0 Å². The Morgan fingerprint density at radius 1 is 1.47 bits per heavy atom. The van der Waals surface area contributed by atoms with Gasteiger partial charge in [0.2, 0.25) is 0 Å². The molecule has 15 heavy (non-hydrogen) atoms. The summed E-state index contributed by atoms with van der Waals surface area (Å²) < 4.78 is 0. The Morgan fingerprint density at radius 2 is 2.20 bits per heavy atom. The molecule has 2 aromatic rings. The van der Waals surface area contributed by atoms with Crippen LogP contribution >= 0.6 is 0 Å². The van der Waals surface area contributed by atoms with Crippen molar-refractivity contribution < 1.29 is 20.1 Å². The smallest absolute Gasteiger partial charge is 0.337 e. The van der Waals surface area contributed by atoms with Gasteiger partial charge < -0.3 is 20.3 Å². The van der Waals surface area contributed by atoms with Gasteiger partial charge in [0.25, 0.3) is 0 Å². The van der Waals surface area contributed by atoms with Gasteiger partial charge in [-0.2, -0.15) is 0 Å². The summed E-state index contributed by atoms with van der Waals surface area (Å²) >= 11 is 0. The molecule has 1 unspecified atom stereocenters. The lowest BCUT2D eigenvalue weighted by Gasteiger charge is -2.06. The molecule has 0 amide bonds. The van der Waals surface area contributed by atoms with E-state index in [4.69, 9.17) is 5.11 Å². The molecular weight excluding hydrogens is 200 g/mol. The molecule has 0 saturated heterocycles. The lowest BCUT2D eigenvalue weighted by molar-refractivity contribution is -0.146. The van der Waals surface area contributed by atoms with Crippen LogP contribution in [0, 0.1) is 0 Å². The van der Waals surface area contributed by atoms with Crippen molar-refractivity contribution in [2.75, 3.05) is 0 Å². The number of nitrogens with zero attached hydrogens (tertiary/aromatic N) is 1. The highest BCUT2D eigenvalue weighted by molar-refractivity contribution is 5.86. The van der Waals surface area contributed by atoms with Crippen LogP contribution in [0.4, 0.5) is 0 Å². The molecule has 0 spiro atoms. The molecule has 1 aromatic carbocycles. The summed E-state index contributed by atoms with van der Waals surface area (Å²) in [6.45, 7) is 0. The van der Waals surface area contributed by atoms with E-state index in [9.17, 15) is 15.0 Å². The van der Waals surface area contributed by atoms with Crippen molar-refractivity contribution in [1.82, 2.24) is 9.97 Å². The van der Waals surface area contributed by atoms with Crippen molar-refractivity contribution in [1.29, 1.82) is 0 Å². The van der Waals surface area contributed by atoms with E-state index in [2.05, 4.69) is 9.97 Å². The van der Waals surface area contributed by atoms with E-state index in [1.807, 2.05) is 0 Å². The molecule has 1 heterocycles. The highest BCUT2D eigenvalue weighted by Crippen LogP contribution is 2.26. The average Bonchev–Trinajstić information content (AvgIpc) is 2.62. The van der Waals surface area contributed by atoms with Crippen molar-refractivity contribution in [2.45, 2.75) is 6.10 Å². The third-order valence-electron chi connectivity index (χ3n) is 2.07. The third-order valence-corrected chi connectivity index (χ3v) is 2.07. The lowest BCUT2D eigenvalue weighted by Crippen LogP contribution is -2.10. The molecular formula is C9H8N2O4. The monoisotopic (exact) mass is 208 g/mol. The van der Waals surface area contributed by atoms with Gasteiger partial charge in [-0.25, -0.2) is 9.78 Å². The fourth-order valence-corrected chi connectivity index (χ4v) is 1.40. The number of fused-ring (bicyclic) bond motifs is 1. The van der Waals surface area contributed by atoms with Gasteiger partial charge in [0.15, 0.2) is 6.10 Å². The largest absolute Gasteiger partial charge is 0.508 e. The van der Waals surface area contributed by atoms with E-state index in [1.54, 1.807) is 0 Å². The number of phenols is 1. The molecule has 0 aliphatic heterocycles. The quantitative estimate of drug-likeness (QED) is 0.571. The van der Waals surface area contributed by atoms with Crippen molar-refractivity contribution in [3.63, 3.8) is 0 Å². The van der Waals surface area contributed by atoms with Crippen LogP contribution in [-0.4, -0.2) is 31.3 Å². The highest BCUT2D eigenvalue weighted by atomic mass is 16.4. The van der Waals surface area contributed by atoms with Crippen LogP contribution in [-0.2, 0) is 4.79 Å². The fraction of sp³-hybridized carbons (Fsp3) is 0.111. The molecule has 0 aliphatic carbocycles. The molecule has 0 aliphatic rings. The number of aromatic hydroxyl groups is 1. The number of carboxylic acid groups (broad SMARTS) is 1. The van der Waals surface area contributed by atoms with Gasteiger partial charge in [0.1, 0.15) is 5.75 Å². The zero-order valence-corrected chi connectivity index (χ0v) is 7.51. The van der Waals surface area contributed by atoms with Crippen LogP contribution in [0.15, 0.2) is 18.5 Å². The van der Waals surface area contributed by atoms with E-state index in [0.29, 0.717) is 11.0 Å². The number of phenolic OH excluding ortho intramolecular Hbond substituents is 1. The summed E-state index contributed by atoms with van der Waals surface area (Å²) in [6.07, 6.45) is -0.328. The number of nitrogens with one attached hydrogen (secondary N) is 1. The van der Waals surface area contributed by atoms with Crippen molar-refractivity contribution >= 4 is 17.0 Å². The number of imidazole rings is 1. The Hall–Kier alpha value is -2.08. The van der Waals surface area contributed by atoms with E-state index in [-0.39, 0.29) is 11.3 Å². The number of rotatable bonds is 2. The zero-order valence-electron chi connectivity index (χ0n) is 7.51. The summed E-state index contributed by atoms with van der Waals surface area (Å²) in [4.78, 5) is 17.2. The number of carboxylic acids is 1. The molecule has 4 N–H and O–H groups in total. The van der Waals surface area contributed by atoms with Gasteiger partial charge in [0, 0.05) is 11.6 Å². The van der Waals surface area contributed by atoms with Crippen LogP contribution < -0.4 is 0 Å². The topological polar surface area (TPSA) is 106 Å². The van der Waals surface area contributed by atoms with E-state index in [1.165, 1.54) is 18.5 Å². The number of hydrogen-bond donors (Lipinski definition) is 4. The summed E-state index contributed by atoms with van der Waals surface area (Å²) in [6, 6.07) is 2.59. The molecule has 6 heteroatoms. The summed E-state index contributed by atoms with van der Waals surface area (Å²) in [5.74, 6) is -1.51. The van der Waals surface area contributed by atoms with Gasteiger partial charge in [0.05, 0.1) is 17.4 Å². The molecule has 0 saturated carbocycles. The minimum absolute atomic E-state index is 0.0683. The van der Waals surface area contributed by atoms with Gasteiger partial charge in [-0.3, -0.25) is 0 Å². The molecule has 78 valence electrons. The molecule has 2 rings (SSSR count). The van der Waals surface area contributed by atoms with Crippen LogP contribution in [0.2, 0.25) is 0 Å². The number of H-pyrrole nitrogens is 1. The molecule has 0 bridgehead atoms. The molecule has 1 atom stereocenters. The number of benzene rings is 1. The van der Waals surface area contributed by atoms with Crippen molar-refractivity contribution in [3.8, 4) is 5.75 Å². The molecule has 6 nitrogen and oxygen atoms in total. The molecule has 1 aromatic heterocycles. The third kappa shape index (κ3) is 1.50. The number of aliphatic carboxylic acids is 1. The average molecular weight is 208 g/mol. The summed E-state index contributed by atoms with van der Waals surface area (Å²) in [7, 11) is 0. The first-order valence-corrected chi connectivity index (χ1v) is 4.16. The minimum Gasteiger partial charge on any atom is -0.508 e. The van der Waals surface area contributed by atoms with Crippen LogP contribution in [0.25, 0.3) is 11.0 Å². The van der Waals surface area contributed by atoms with Gasteiger partial charge in [-0.15, -0.1) is 0 Å². The highest BCUT2D eigenvalue weighted by Gasteiger charge is 2.20. The molecule has 0 fully saturated rings. The molecule has 0 radical (unpaired) electrons. The minimum atomic E-state index is -1.69. The van der Waals surface area contributed by atoms with Crippen molar-refractivity contribution in [3.05, 3.63) is 24.0 Å². The Labute approximate surface area is 83.8 Å². The fourth-order valence-electron chi connectivity index (χ4n) is 1.40. The maximum Gasteiger partial charge on any atom is 0.337 e. The van der Waals surface area contributed by atoms with Gasteiger partial charge in [-0.1, -0.05) is 0 Å². The Balaban J connectivity index is 2.67. The standard InChI is InChI=1S/C9H8N2O4/c12-4-1-5(8(13)9(14)15)7-6(2-4)10-3-11-7/h1-3,8,12-13H,(H,10,11)(H,14,15). The second-order valence-electron chi connectivity index (χ2n) is 3.07. The first-order chi connectivity index (χ1) is 7.09. The number of aromatic nitrogens is 2. The van der Waals surface area contributed by atoms with Gasteiger partial charge in [-0.05, 0) is 6.07 Å². The Morgan fingerprint density at radius 3 is 2.87 bits per heavy atom. The summed E-state index contributed by atoms with van der Waals surface area (Å²) in [5.41, 5.74) is 0.881. The zero-order chi connectivity index (χ0) is 11.0. The lowest BCUT2D eigenvalue weighted by atomic mass is 10.1. The number of aliphatic hydroxyl groups is 1. The van der Waals surface area contributed by atoms with Crippen LogP contribution in [0.5, 0.6) is 5.75 Å². The normalized spacial score (nSPS) is 12.9. The maximum absolute atomic E-state index is 10.6. The van der Waals surface area contributed by atoms with Crippen molar-refractivity contribution in [2.24, 2.45) is 0 Å². The number of aliphatic hydroxyl groups excluding tert-OH is 1. The second kappa shape index (κ2) is 3.25. The predicted octanol–water partition coefficient (Wildman–Crippen LogP) is 0.386. The first-order valence-electron chi connectivity index (χ1n) is 4.16. The number of carbonyl (C=O) groups is 1. The predicted molar refractivity (Wildman–Crippen MR) is 50.4 cm³/mol. The van der Waals surface area contributed by atoms with E-state index < -0.39 is 12.1 Å². The number of aromatic amines is 1. The Bertz CT molecular complexity index is 520. The SMILES string of the molecule is O=C(O)C(O)c1cc(O)cc2[nH]cnc12. The summed E-state index contributed by atoms with van der Waals surface area (Å²) in [5, 5.41) is 27.3. The maximum atomic E-state index is 10.6. The first kappa shape index (κ1) is 9.47.